The number of pyridine rings is 1. The van der Waals surface area contributed by atoms with Crippen LogP contribution in [0.3, 0.4) is 0 Å². The van der Waals surface area contributed by atoms with Crippen molar-refractivity contribution in [3.63, 3.8) is 0 Å². The molecule has 0 saturated carbocycles. The molecule has 1 aromatic carbocycles. The molecule has 1 N–H and O–H groups in total. The number of anilines is 1. The molecule has 0 fully saturated rings. The van der Waals surface area contributed by atoms with Gasteiger partial charge in [0.2, 0.25) is 0 Å². The third-order valence-electron chi connectivity index (χ3n) is 4.93. The fourth-order valence-corrected chi connectivity index (χ4v) is 3.25. The highest BCUT2D eigenvalue weighted by Gasteiger charge is 2.38. The van der Waals surface area contributed by atoms with E-state index < -0.39 is 41.5 Å². The number of rotatable bonds is 5. The van der Waals surface area contributed by atoms with Gasteiger partial charge < -0.3 is 9.84 Å². The predicted octanol–water partition coefficient (Wildman–Crippen LogP) is 5.58. The van der Waals surface area contributed by atoms with E-state index in [9.17, 15) is 31.1 Å². The summed E-state index contributed by atoms with van der Waals surface area (Å²) < 4.78 is 85.1. The molecule has 0 unspecified atom stereocenters. The average molecular weight is 495 g/mol. The lowest BCUT2D eigenvalue weighted by Crippen LogP contribution is -2.15. The summed E-state index contributed by atoms with van der Waals surface area (Å²) in [5, 5.41) is 10.3. The van der Waals surface area contributed by atoms with Crippen molar-refractivity contribution in [3.05, 3.63) is 82.9 Å². The number of benzene rings is 1. The second-order valence-electron chi connectivity index (χ2n) is 7.44. The monoisotopic (exact) mass is 495 g/mol. The van der Waals surface area contributed by atoms with Crippen LogP contribution < -0.4 is 5.32 Å². The number of nitrogens with one attached hydrogen (secondary N) is 1. The number of aryl methyl sites for hydroxylation is 1. The Labute approximate surface area is 193 Å². The zero-order chi connectivity index (χ0) is 25.4. The van der Waals surface area contributed by atoms with Gasteiger partial charge in [-0.2, -0.15) is 31.4 Å². The maximum atomic E-state index is 13.4. The Balaban J connectivity index is 1.54. The standard InChI is InChI=1S/C22H15F6N5O2/c1-12-18(30-20(34)17-9-19(35-32-17)16-4-2-3-7-29-16)11-33(31-12)10-13-5-6-14(21(23,24)25)8-15(13)22(26,27)28/h2-9,11H,10H2,1H3,(H,30,34). The molecule has 0 bridgehead atoms. The quantitative estimate of drug-likeness (QED) is 0.366. The molecule has 13 heteroatoms. The van der Waals surface area contributed by atoms with Crippen LogP contribution in [0.25, 0.3) is 11.5 Å². The topological polar surface area (TPSA) is 85.8 Å². The third-order valence-corrected chi connectivity index (χ3v) is 4.93. The molecule has 0 spiro atoms. The van der Waals surface area contributed by atoms with E-state index in [0.29, 0.717) is 11.8 Å². The first-order valence-corrected chi connectivity index (χ1v) is 9.92. The van der Waals surface area contributed by atoms with Gasteiger partial charge >= 0.3 is 12.4 Å². The summed E-state index contributed by atoms with van der Waals surface area (Å²) in [5.41, 5.74) is -2.40. The fourth-order valence-electron chi connectivity index (χ4n) is 3.25. The van der Waals surface area contributed by atoms with Crippen molar-refractivity contribution < 1.29 is 35.7 Å². The van der Waals surface area contributed by atoms with Gasteiger partial charge in [0, 0.05) is 18.5 Å². The van der Waals surface area contributed by atoms with Crippen LogP contribution in [-0.4, -0.2) is 25.8 Å². The van der Waals surface area contributed by atoms with Crippen molar-refractivity contribution in [2.24, 2.45) is 0 Å². The molecule has 0 aliphatic carbocycles. The number of carbonyl (C=O) groups is 1. The van der Waals surface area contributed by atoms with Gasteiger partial charge in [0.1, 0.15) is 5.69 Å². The van der Waals surface area contributed by atoms with Crippen molar-refractivity contribution in [1.82, 2.24) is 19.9 Å². The molecule has 0 aliphatic heterocycles. The zero-order valence-electron chi connectivity index (χ0n) is 17.8. The van der Waals surface area contributed by atoms with Crippen LogP contribution in [0, 0.1) is 6.92 Å². The average Bonchev–Trinajstić information content (AvgIpc) is 3.40. The summed E-state index contributed by atoms with van der Waals surface area (Å²) in [5.74, 6) is -0.408. The second kappa shape index (κ2) is 8.89. The largest absolute Gasteiger partial charge is 0.416 e. The van der Waals surface area contributed by atoms with Crippen LogP contribution in [0.1, 0.15) is 32.9 Å². The molecule has 35 heavy (non-hydrogen) atoms. The van der Waals surface area contributed by atoms with E-state index in [1.54, 1.807) is 18.2 Å². The summed E-state index contributed by atoms with van der Waals surface area (Å²) in [6.45, 7) is 1.03. The van der Waals surface area contributed by atoms with E-state index >= 15 is 0 Å². The van der Waals surface area contributed by atoms with Crippen molar-refractivity contribution in [2.75, 3.05) is 5.32 Å². The molecule has 0 radical (unpaired) electrons. The van der Waals surface area contributed by atoms with Crippen molar-refractivity contribution >= 4 is 11.6 Å². The van der Waals surface area contributed by atoms with Crippen molar-refractivity contribution in [2.45, 2.75) is 25.8 Å². The predicted molar refractivity (Wildman–Crippen MR) is 110 cm³/mol. The van der Waals surface area contributed by atoms with Gasteiger partial charge in [-0.25, -0.2) is 0 Å². The van der Waals surface area contributed by atoms with Crippen molar-refractivity contribution in [3.8, 4) is 11.5 Å². The zero-order valence-corrected chi connectivity index (χ0v) is 17.8. The normalized spacial score (nSPS) is 12.1. The van der Waals surface area contributed by atoms with E-state index in [2.05, 4.69) is 20.6 Å². The number of aromatic nitrogens is 4. The van der Waals surface area contributed by atoms with E-state index in [4.69, 9.17) is 4.52 Å². The minimum atomic E-state index is -5.01. The molecule has 4 rings (SSSR count). The number of alkyl halides is 6. The summed E-state index contributed by atoms with van der Waals surface area (Å²) in [7, 11) is 0. The first kappa shape index (κ1) is 24.0. The molecule has 3 heterocycles. The first-order chi connectivity index (χ1) is 16.4. The minimum Gasteiger partial charge on any atom is -0.354 e. The Morgan fingerprint density at radius 2 is 1.83 bits per heavy atom. The second-order valence-corrected chi connectivity index (χ2v) is 7.44. The molecule has 4 aromatic rings. The van der Waals surface area contributed by atoms with Crippen molar-refractivity contribution in [1.29, 1.82) is 0 Å². The van der Waals surface area contributed by atoms with E-state index in [-0.39, 0.29) is 28.9 Å². The van der Waals surface area contributed by atoms with Crippen LogP contribution in [-0.2, 0) is 18.9 Å². The highest BCUT2D eigenvalue weighted by atomic mass is 19.4. The van der Waals surface area contributed by atoms with Crippen LogP contribution in [0.2, 0.25) is 0 Å². The van der Waals surface area contributed by atoms with Gasteiger partial charge in [-0.3, -0.25) is 14.5 Å². The van der Waals surface area contributed by atoms with Gasteiger partial charge in [0.05, 0.1) is 29.1 Å². The number of carbonyl (C=O) groups excluding carboxylic acids is 1. The van der Waals surface area contributed by atoms with Crippen LogP contribution in [0.15, 0.2) is 59.4 Å². The Morgan fingerprint density at radius 1 is 1.06 bits per heavy atom. The lowest BCUT2D eigenvalue weighted by atomic mass is 10.0. The number of hydrogen-bond acceptors (Lipinski definition) is 5. The smallest absolute Gasteiger partial charge is 0.354 e. The summed E-state index contributed by atoms with van der Waals surface area (Å²) in [6, 6.07) is 7.86. The molecule has 0 atom stereocenters. The molecule has 0 saturated heterocycles. The maximum Gasteiger partial charge on any atom is 0.416 e. The fraction of sp³-hybridized carbons (Fsp3) is 0.182. The summed E-state index contributed by atoms with van der Waals surface area (Å²) in [6.07, 6.45) is -7.12. The number of hydrogen-bond donors (Lipinski definition) is 1. The van der Waals surface area contributed by atoms with Crippen LogP contribution in [0.5, 0.6) is 0 Å². The Bertz CT molecular complexity index is 1360. The number of amides is 1. The lowest BCUT2D eigenvalue weighted by Gasteiger charge is -2.16. The molecule has 182 valence electrons. The van der Waals surface area contributed by atoms with Gasteiger partial charge in [0.25, 0.3) is 5.91 Å². The molecule has 0 aliphatic rings. The maximum absolute atomic E-state index is 13.4. The number of halogens is 6. The van der Waals surface area contributed by atoms with Gasteiger partial charge in [0.15, 0.2) is 11.5 Å². The van der Waals surface area contributed by atoms with Crippen LogP contribution in [0.4, 0.5) is 32.0 Å². The molecule has 7 nitrogen and oxygen atoms in total. The van der Waals surface area contributed by atoms with E-state index in [1.807, 2.05) is 0 Å². The summed E-state index contributed by atoms with van der Waals surface area (Å²) >= 11 is 0. The van der Waals surface area contributed by atoms with E-state index in [0.717, 1.165) is 10.7 Å². The Hall–Kier alpha value is -4.16. The molecular formula is C22H15F6N5O2. The van der Waals surface area contributed by atoms with Gasteiger partial charge in [-0.15, -0.1) is 0 Å². The lowest BCUT2D eigenvalue weighted by molar-refractivity contribution is -0.143. The first-order valence-electron chi connectivity index (χ1n) is 9.92. The molecule has 1 amide bonds. The van der Waals surface area contributed by atoms with E-state index in [1.165, 1.54) is 25.4 Å². The van der Waals surface area contributed by atoms with Gasteiger partial charge in [-0.1, -0.05) is 17.3 Å². The molecular weight excluding hydrogens is 480 g/mol. The number of nitrogens with zero attached hydrogens (tertiary/aromatic N) is 4. The SMILES string of the molecule is Cc1nn(Cc2ccc(C(F)(F)F)cc2C(F)(F)F)cc1NC(=O)c1cc(-c2ccccn2)on1. The Kier molecular flexibility index (Phi) is 6.09. The highest BCUT2D eigenvalue weighted by molar-refractivity contribution is 6.03. The summed E-state index contributed by atoms with van der Waals surface area (Å²) in [4.78, 5) is 16.6. The third kappa shape index (κ3) is 5.34. The van der Waals surface area contributed by atoms with Gasteiger partial charge in [-0.05, 0) is 36.8 Å². The highest BCUT2D eigenvalue weighted by Crippen LogP contribution is 2.37. The van der Waals surface area contributed by atoms with Crippen LogP contribution >= 0.6 is 0 Å². The Morgan fingerprint density at radius 3 is 2.49 bits per heavy atom. The molecule has 3 aromatic heterocycles. The minimum absolute atomic E-state index is 0.0676.